The molecule has 1 aromatic heterocycles. The lowest BCUT2D eigenvalue weighted by molar-refractivity contribution is 0.244. The van der Waals surface area contributed by atoms with Gasteiger partial charge in [0.1, 0.15) is 0 Å². The maximum absolute atomic E-state index is 8.93. The summed E-state index contributed by atoms with van der Waals surface area (Å²) in [6, 6.07) is 3.91. The Morgan fingerprint density at radius 3 is 3.20 bits per heavy atom. The summed E-state index contributed by atoms with van der Waals surface area (Å²) in [4.78, 5) is 2.26. The Hall–Kier alpha value is -1.16. The van der Waals surface area contributed by atoms with Gasteiger partial charge < -0.3 is 10.0 Å². The molecule has 0 saturated carbocycles. The van der Waals surface area contributed by atoms with Gasteiger partial charge in [0.25, 0.3) is 0 Å². The average Bonchev–Trinajstić information content (AvgIpc) is 2.31. The first-order chi connectivity index (χ1) is 7.40. The Kier molecular flexibility index (Phi) is 3.50. The summed E-state index contributed by atoms with van der Waals surface area (Å²) >= 11 is 0. The summed E-state index contributed by atoms with van der Waals surface area (Å²) in [5.74, 6) is 1.56. The van der Waals surface area contributed by atoms with Crippen LogP contribution in [0.5, 0.6) is 0 Å². The maximum Gasteiger partial charge on any atom is 0.151 e. The highest BCUT2D eigenvalue weighted by Crippen LogP contribution is 2.22. The van der Waals surface area contributed by atoms with E-state index < -0.39 is 0 Å². The predicted molar refractivity (Wildman–Crippen MR) is 58.7 cm³/mol. The van der Waals surface area contributed by atoms with Gasteiger partial charge in [-0.3, -0.25) is 0 Å². The van der Waals surface area contributed by atoms with Gasteiger partial charge in [-0.05, 0) is 37.3 Å². The number of piperidine rings is 1. The van der Waals surface area contributed by atoms with Crippen molar-refractivity contribution in [2.24, 2.45) is 5.92 Å². The Morgan fingerprint density at radius 2 is 2.47 bits per heavy atom. The highest BCUT2D eigenvalue weighted by molar-refractivity contribution is 5.36. The van der Waals surface area contributed by atoms with Gasteiger partial charge in [0.2, 0.25) is 0 Å². The molecule has 0 aromatic carbocycles. The zero-order valence-electron chi connectivity index (χ0n) is 8.84. The molecule has 1 unspecified atom stereocenters. The number of aromatic nitrogens is 2. The van der Waals surface area contributed by atoms with Gasteiger partial charge >= 0.3 is 0 Å². The largest absolute Gasteiger partial charge is 0.396 e. The molecule has 4 nitrogen and oxygen atoms in total. The first-order valence-electron chi connectivity index (χ1n) is 5.53. The van der Waals surface area contributed by atoms with Crippen molar-refractivity contribution >= 4 is 5.82 Å². The fourth-order valence-electron chi connectivity index (χ4n) is 2.15. The standard InChI is InChI=1S/C11H17N3O/c15-8-5-10-3-2-7-14(9-10)11-4-1-6-12-13-11/h1,4,6,10,15H,2-3,5,7-9H2. The van der Waals surface area contributed by atoms with Crippen molar-refractivity contribution in [3.63, 3.8) is 0 Å². The van der Waals surface area contributed by atoms with Crippen LogP contribution in [-0.2, 0) is 0 Å². The summed E-state index contributed by atoms with van der Waals surface area (Å²) in [6.45, 7) is 2.35. The molecule has 82 valence electrons. The van der Waals surface area contributed by atoms with Crippen molar-refractivity contribution in [3.8, 4) is 0 Å². The van der Waals surface area contributed by atoms with Crippen LogP contribution in [0.15, 0.2) is 18.3 Å². The molecule has 2 heterocycles. The number of anilines is 1. The van der Waals surface area contributed by atoms with Crippen LogP contribution in [0, 0.1) is 5.92 Å². The van der Waals surface area contributed by atoms with E-state index in [1.54, 1.807) is 6.20 Å². The first kappa shape index (κ1) is 10.4. The summed E-state index contributed by atoms with van der Waals surface area (Å²) in [5, 5.41) is 16.9. The molecule has 0 amide bonds. The molecule has 1 aliphatic rings. The van der Waals surface area contributed by atoms with Gasteiger partial charge in [-0.1, -0.05) is 0 Å². The monoisotopic (exact) mass is 207 g/mol. The molecule has 4 heteroatoms. The number of aliphatic hydroxyl groups excluding tert-OH is 1. The van der Waals surface area contributed by atoms with Crippen molar-refractivity contribution < 1.29 is 5.11 Å². The van der Waals surface area contributed by atoms with Gasteiger partial charge in [0.15, 0.2) is 5.82 Å². The summed E-state index contributed by atoms with van der Waals surface area (Å²) < 4.78 is 0. The summed E-state index contributed by atoms with van der Waals surface area (Å²) in [5.41, 5.74) is 0. The minimum Gasteiger partial charge on any atom is -0.396 e. The SMILES string of the molecule is OCCC1CCCN(c2cccnn2)C1. The molecule has 1 atom stereocenters. The van der Waals surface area contributed by atoms with Gasteiger partial charge in [-0.25, -0.2) is 0 Å². The number of hydrogen-bond acceptors (Lipinski definition) is 4. The third-order valence-electron chi connectivity index (χ3n) is 2.94. The molecule has 0 aliphatic carbocycles. The second-order valence-electron chi connectivity index (χ2n) is 4.05. The van der Waals surface area contributed by atoms with Gasteiger partial charge in [0, 0.05) is 25.9 Å². The van der Waals surface area contributed by atoms with Crippen molar-refractivity contribution in [3.05, 3.63) is 18.3 Å². The zero-order valence-corrected chi connectivity index (χ0v) is 8.84. The molecular weight excluding hydrogens is 190 g/mol. The smallest absolute Gasteiger partial charge is 0.151 e. The van der Waals surface area contributed by atoms with E-state index in [-0.39, 0.29) is 0 Å². The van der Waals surface area contributed by atoms with E-state index in [0.717, 1.165) is 25.3 Å². The molecule has 0 bridgehead atoms. The Labute approximate surface area is 89.9 Å². The van der Waals surface area contributed by atoms with E-state index in [0.29, 0.717) is 12.5 Å². The van der Waals surface area contributed by atoms with Crippen molar-refractivity contribution in [2.45, 2.75) is 19.3 Å². The molecule has 1 aromatic rings. The zero-order chi connectivity index (χ0) is 10.5. The van der Waals surface area contributed by atoms with Crippen LogP contribution in [0.4, 0.5) is 5.82 Å². The Balaban J connectivity index is 1.98. The molecule has 1 N–H and O–H groups in total. The highest BCUT2D eigenvalue weighted by Gasteiger charge is 2.20. The number of aliphatic hydroxyl groups is 1. The van der Waals surface area contributed by atoms with Crippen molar-refractivity contribution in [1.82, 2.24) is 10.2 Å². The van der Waals surface area contributed by atoms with E-state index in [2.05, 4.69) is 15.1 Å². The van der Waals surface area contributed by atoms with Crippen LogP contribution in [-0.4, -0.2) is 35.0 Å². The summed E-state index contributed by atoms with van der Waals surface area (Å²) in [7, 11) is 0. The van der Waals surface area contributed by atoms with E-state index in [1.165, 1.54) is 12.8 Å². The Morgan fingerprint density at radius 1 is 1.53 bits per heavy atom. The maximum atomic E-state index is 8.93. The lowest BCUT2D eigenvalue weighted by Gasteiger charge is -2.32. The van der Waals surface area contributed by atoms with Gasteiger partial charge in [0.05, 0.1) is 0 Å². The predicted octanol–water partition coefficient (Wildman–Crippen LogP) is 1.08. The van der Waals surface area contributed by atoms with E-state index in [9.17, 15) is 0 Å². The first-order valence-corrected chi connectivity index (χ1v) is 5.53. The average molecular weight is 207 g/mol. The number of hydrogen-bond donors (Lipinski definition) is 1. The quantitative estimate of drug-likeness (QED) is 0.805. The van der Waals surface area contributed by atoms with Crippen LogP contribution in [0.1, 0.15) is 19.3 Å². The molecule has 1 saturated heterocycles. The lowest BCUT2D eigenvalue weighted by atomic mass is 9.95. The van der Waals surface area contributed by atoms with Crippen molar-refractivity contribution in [1.29, 1.82) is 0 Å². The fourth-order valence-corrected chi connectivity index (χ4v) is 2.15. The van der Waals surface area contributed by atoms with E-state index >= 15 is 0 Å². The number of rotatable bonds is 3. The topological polar surface area (TPSA) is 49.2 Å². The van der Waals surface area contributed by atoms with E-state index in [1.807, 2.05) is 12.1 Å². The number of nitrogens with zero attached hydrogens (tertiary/aromatic N) is 3. The van der Waals surface area contributed by atoms with Crippen LogP contribution >= 0.6 is 0 Å². The van der Waals surface area contributed by atoms with Gasteiger partial charge in [-0.15, -0.1) is 5.10 Å². The minimum absolute atomic E-state index is 0.291. The third-order valence-corrected chi connectivity index (χ3v) is 2.94. The second kappa shape index (κ2) is 5.07. The molecular formula is C11H17N3O. The van der Waals surface area contributed by atoms with Gasteiger partial charge in [-0.2, -0.15) is 5.10 Å². The normalized spacial score (nSPS) is 21.7. The van der Waals surface area contributed by atoms with Crippen LogP contribution in [0.3, 0.4) is 0 Å². The molecule has 1 aliphatic heterocycles. The van der Waals surface area contributed by atoms with Crippen molar-refractivity contribution in [2.75, 3.05) is 24.6 Å². The minimum atomic E-state index is 0.291. The van der Waals surface area contributed by atoms with E-state index in [4.69, 9.17) is 5.11 Å². The summed E-state index contributed by atoms with van der Waals surface area (Å²) in [6.07, 6.45) is 4.99. The third kappa shape index (κ3) is 2.65. The molecule has 15 heavy (non-hydrogen) atoms. The Bertz CT molecular complexity index is 289. The molecule has 1 fully saturated rings. The molecule has 0 spiro atoms. The second-order valence-corrected chi connectivity index (χ2v) is 4.05. The van der Waals surface area contributed by atoms with Crippen LogP contribution < -0.4 is 4.90 Å². The molecule has 0 radical (unpaired) electrons. The van der Waals surface area contributed by atoms with Crippen LogP contribution in [0.25, 0.3) is 0 Å². The fraction of sp³-hybridized carbons (Fsp3) is 0.636. The van der Waals surface area contributed by atoms with Crippen LogP contribution in [0.2, 0.25) is 0 Å². The highest BCUT2D eigenvalue weighted by atomic mass is 16.3. The molecule has 2 rings (SSSR count). The lowest BCUT2D eigenvalue weighted by Crippen LogP contribution is -2.36.